The van der Waals surface area contributed by atoms with Gasteiger partial charge in [0, 0.05) is 30.4 Å². The Balaban J connectivity index is 1.55. The third-order valence-electron chi connectivity index (χ3n) is 6.71. The maximum absolute atomic E-state index is 6.41. The number of hydrogen-bond donors (Lipinski definition) is 3. The zero-order chi connectivity index (χ0) is 19.9. The highest BCUT2D eigenvalue weighted by atomic mass is 15.2. The van der Waals surface area contributed by atoms with Crippen LogP contribution in [-0.2, 0) is 0 Å². The maximum atomic E-state index is 6.41. The van der Waals surface area contributed by atoms with Gasteiger partial charge in [-0.15, -0.1) is 0 Å². The molecule has 0 unspecified atom stereocenters. The van der Waals surface area contributed by atoms with Crippen molar-refractivity contribution in [3.8, 4) is 11.3 Å². The predicted octanol–water partition coefficient (Wildman–Crippen LogP) is 3.39. The van der Waals surface area contributed by atoms with Crippen LogP contribution in [-0.4, -0.2) is 57.0 Å². The number of nitrogens with one attached hydrogen (secondary N) is 2. The molecule has 28 heavy (non-hydrogen) atoms. The van der Waals surface area contributed by atoms with Crippen molar-refractivity contribution in [2.24, 2.45) is 21.1 Å². The fourth-order valence-electron chi connectivity index (χ4n) is 4.92. The van der Waals surface area contributed by atoms with Gasteiger partial charge in [-0.05, 0) is 58.6 Å². The summed E-state index contributed by atoms with van der Waals surface area (Å²) < 4.78 is 0. The Kier molecular flexibility index (Phi) is 4.82. The van der Waals surface area contributed by atoms with Crippen LogP contribution < -0.4 is 5.73 Å². The first-order valence-corrected chi connectivity index (χ1v) is 10.1. The lowest BCUT2D eigenvalue weighted by molar-refractivity contribution is 0.135. The van der Waals surface area contributed by atoms with E-state index in [1.54, 1.807) is 0 Å². The normalized spacial score (nSPS) is 22.2. The standard InChI is InChI=1S/C20H30N8/c1-12-16(13(2)25-24-12)17-18(22-4)19(27-26-17)23-14(3)28-10-8-20(9-11-28)7-5-6-15(20)21/h15H,4-11,21H2,1-3H3,(H,24,25)(H,26,27)/b23-14+/t15-/m1/s1. The summed E-state index contributed by atoms with van der Waals surface area (Å²) in [5.74, 6) is 1.61. The number of aromatic nitrogens is 4. The van der Waals surface area contributed by atoms with Crippen LogP contribution in [0.15, 0.2) is 9.98 Å². The third kappa shape index (κ3) is 3.05. The van der Waals surface area contributed by atoms with Crippen LogP contribution in [0.1, 0.15) is 50.4 Å². The Morgan fingerprint density at radius 3 is 2.54 bits per heavy atom. The molecule has 1 aliphatic heterocycles. The van der Waals surface area contributed by atoms with Crippen LogP contribution in [0.2, 0.25) is 0 Å². The highest BCUT2D eigenvalue weighted by molar-refractivity contribution is 5.88. The summed E-state index contributed by atoms with van der Waals surface area (Å²) in [6.07, 6.45) is 6.01. The van der Waals surface area contributed by atoms with Crippen LogP contribution in [0.5, 0.6) is 0 Å². The van der Waals surface area contributed by atoms with Crippen LogP contribution in [0.25, 0.3) is 11.3 Å². The molecule has 2 fully saturated rings. The minimum absolute atomic E-state index is 0.349. The third-order valence-corrected chi connectivity index (χ3v) is 6.71. The van der Waals surface area contributed by atoms with E-state index in [0.29, 0.717) is 23.0 Å². The van der Waals surface area contributed by atoms with Crippen molar-refractivity contribution in [3.63, 3.8) is 0 Å². The Morgan fingerprint density at radius 1 is 1.21 bits per heavy atom. The number of aliphatic imine (C=N–C) groups is 2. The molecule has 1 atom stereocenters. The van der Waals surface area contributed by atoms with E-state index >= 15 is 0 Å². The highest BCUT2D eigenvalue weighted by Crippen LogP contribution is 2.45. The molecule has 1 saturated heterocycles. The van der Waals surface area contributed by atoms with Gasteiger partial charge in [-0.1, -0.05) is 6.42 Å². The van der Waals surface area contributed by atoms with E-state index in [9.17, 15) is 0 Å². The quantitative estimate of drug-likeness (QED) is 0.558. The number of aryl methyl sites for hydroxylation is 2. The van der Waals surface area contributed by atoms with E-state index in [4.69, 9.17) is 10.7 Å². The molecule has 4 N–H and O–H groups in total. The van der Waals surface area contributed by atoms with Gasteiger partial charge in [-0.2, -0.15) is 10.2 Å². The fourth-order valence-corrected chi connectivity index (χ4v) is 4.92. The van der Waals surface area contributed by atoms with Gasteiger partial charge in [0.05, 0.1) is 5.69 Å². The minimum atomic E-state index is 0.349. The van der Waals surface area contributed by atoms with Crippen LogP contribution in [0, 0.1) is 19.3 Å². The minimum Gasteiger partial charge on any atom is -0.360 e. The monoisotopic (exact) mass is 382 g/mol. The second-order valence-corrected chi connectivity index (χ2v) is 8.24. The number of amidine groups is 1. The highest BCUT2D eigenvalue weighted by Gasteiger charge is 2.42. The SMILES string of the molecule is C=Nc1c(-c2c(C)n[nH]c2C)n[nH]c1/N=C(\C)N1CCC2(CCC[C@H]2N)CC1. The predicted molar refractivity (Wildman–Crippen MR) is 113 cm³/mol. The van der Waals surface area contributed by atoms with Gasteiger partial charge in [-0.25, -0.2) is 4.99 Å². The van der Waals surface area contributed by atoms with Crippen molar-refractivity contribution in [2.45, 2.75) is 58.9 Å². The fraction of sp³-hybridized carbons (Fsp3) is 0.600. The Labute approximate surface area is 165 Å². The largest absolute Gasteiger partial charge is 0.360 e. The summed E-state index contributed by atoms with van der Waals surface area (Å²) in [6.45, 7) is 11.7. The van der Waals surface area contributed by atoms with E-state index in [2.05, 4.69) is 37.0 Å². The second-order valence-electron chi connectivity index (χ2n) is 8.24. The lowest BCUT2D eigenvalue weighted by Crippen LogP contribution is -2.48. The lowest BCUT2D eigenvalue weighted by Gasteiger charge is -2.42. The molecule has 3 heterocycles. The number of aromatic amines is 2. The first-order valence-electron chi connectivity index (χ1n) is 10.1. The molecule has 150 valence electrons. The van der Waals surface area contributed by atoms with Crippen molar-refractivity contribution in [1.82, 2.24) is 25.3 Å². The van der Waals surface area contributed by atoms with Crippen molar-refractivity contribution in [1.29, 1.82) is 0 Å². The summed E-state index contributed by atoms with van der Waals surface area (Å²) in [5, 5.41) is 14.7. The average molecular weight is 383 g/mol. The number of H-pyrrole nitrogens is 2. The van der Waals surface area contributed by atoms with Crippen molar-refractivity contribution in [3.05, 3.63) is 11.4 Å². The van der Waals surface area contributed by atoms with E-state index in [0.717, 1.165) is 54.4 Å². The number of nitrogens with two attached hydrogens (primary N) is 1. The topological polar surface area (TPSA) is 111 Å². The van der Waals surface area contributed by atoms with Crippen LogP contribution in [0.3, 0.4) is 0 Å². The maximum Gasteiger partial charge on any atom is 0.176 e. The molecule has 1 saturated carbocycles. The Hall–Kier alpha value is -2.48. The number of likely N-dealkylation sites (tertiary alicyclic amines) is 1. The first-order chi connectivity index (χ1) is 13.4. The van der Waals surface area contributed by atoms with E-state index in [1.807, 2.05) is 20.8 Å². The molecule has 4 rings (SSSR count). The summed E-state index contributed by atoms with van der Waals surface area (Å²) in [7, 11) is 0. The van der Waals surface area contributed by atoms with Crippen molar-refractivity contribution >= 4 is 24.1 Å². The van der Waals surface area contributed by atoms with Crippen LogP contribution in [0.4, 0.5) is 11.5 Å². The zero-order valence-corrected chi connectivity index (χ0v) is 17.0. The average Bonchev–Trinajstić information content (AvgIpc) is 3.34. The lowest BCUT2D eigenvalue weighted by atomic mass is 9.74. The molecule has 2 aromatic rings. The van der Waals surface area contributed by atoms with Crippen molar-refractivity contribution in [2.75, 3.05) is 13.1 Å². The molecule has 0 amide bonds. The molecule has 0 aromatic carbocycles. The molecule has 8 nitrogen and oxygen atoms in total. The van der Waals surface area contributed by atoms with E-state index in [1.165, 1.54) is 19.3 Å². The van der Waals surface area contributed by atoms with Crippen molar-refractivity contribution < 1.29 is 0 Å². The molecule has 2 aromatic heterocycles. The molecule has 0 bridgehead atoms. The smallest absolute Gasteiger partial charge is 0.176 e. The molecule has 1 spiro atoms. The molecule has 2 aliphatic rings. The summed E-state index contributed by atoms with van der Waals surface area (Å²) in [5.41, 5.74) is 11.0. The molecule has 0 radical (unpaired) electrons. The van der Waals surface area contributed by atoms with E-state index in [-0.39, 0.29) is 0 Å². The molecule has 8 heteroatoms. The Morgan fingerprint density at radius 2 is 1.96 bits per heavy atom. The summed E-state index contributed by atoms with van der Waals surface area (Å²) in [4.78, 5) is 11.4. The number of nitrogens with zero attached hydrogens (tertiary/aromatic N) is 5. The van der Waals surface area contributed by atoms with E-state index < -0.39 is 0 Å². The Bertz CT molecular complexity index is 878. The number of hydrogen-bond acceptors (Lipinski definition) is 5. The molecular formula is C20H30N8. The van der Waals surface area contributed by atoms with Gasteiger partial charge < -0.3 is 10.6 Å². The summed E-state index contributed by atoms with van der Waals surface area (Å²) >= 11 is 0. The molecular weight excluding hydrogens is 352 g/mol. The second kappa shape index (κ2) is 7.16. The first kappa shape index (κ1) is 18.9. The van der Waals surface area contributed by atoms with Gasteiger partial charge in [-0.3, -0.25) is 15.2 Å². The number of rotatable bonds is 3. The van der Waals surface area contributed by atoms with Gasteiger partial charge in [0.25, 0.3) is 0 Å². The van der Waals surface area contributed by atoms with Crippen LogP contribution >= 0.6 is 0 Å². The summed E-state index contributed by atoms with van der Waals surface area (Å²) in [6, 6.07) is 0.361. The molecule has 1 aliphatic carbocycles. The number of piperidine rings is 1. The van der Waals surface area contributed by atoms with Gasteiger partial charge >= 0.3 is 0 Å². The van der Waals surface area contributed by atoms with Gasteiger partial charge in [0.15, 0.2) is 5.82 Å². The van der Waals surface area contributed by atoms with Gasteiger partial charge in [0.1, 0.15) is 17.2 Å². The van der Waals surface area contributed by atoms with Gasteiger partial charge in [0.2, 0.25) is 0 Å². The zero-order valence-electron chi connectivity index (χ0n) is 17.0.